The summed E-state index contributed by atoms with van der Waals surface area (Å²) in [6.07, 6.45) is 0. The van der Waals surface area contributed by atoms with Crippen LogP contribution in [0.5, 0.6) is 0 Å². The first kappa shape index (κ1) is 15.5. The summed E-state index contributed by atoms with van der Waals surface area (Å²) in [4.78, 5) is 40.7. The second-order valence-electron chi connectivity index (χ2n) is 5.50. The lowest BCUT2D eigenvalue weighted by Gasteiger charge is -2.36. The first-order chi connectivity index (χ1) is 11.0. The molecule has 8 heteroatoms. The highest BCUT2D eigenvalue weighted by Gasteiger charge is 2.24. The Morgan fingerprint density at radius 1 is 1.09 bits per heavy atom. The van der Waals surface area contributed by atoms with E-state index in [0.29, 0.717) is 32.0 Å². The number of amides is 1. The monoisotopic (exact) mass is 334 g/mol. The zero-order valence-corrected chi connectivity index (χ0v) is 13.9. The highest BCUT2D eigenvalue weighted by Crippen LogP contribution is 2.16. The van der Waals surface area contributed by atoms with E-state index >= 15 is 0 Å². The van der Waals surface area contributed by atoms with E-state index in [2.05, 4.69) is 0 Å². The fourth-order valence-electron chi connectivity index (χ4n) is 2.72. The zero-order chi connectivity index (χ0) is 16.6. The summed E-state index contributed by atoms with van der Waals surface area (Å²) < 4.78 is 2.55. The molecule has 1 saturated heterocycles. The maximum atomic E-state index is 12.3. The van der Waals surface area contributed by atoms with Gasteiger partial charge in [-0.1, -0.05) is 6.07 Å². The smallest absolute Gasteiger partial charge is 0.332 e. The van der Waals surface area contributed by atoms with E-state index in [9.17, 15) is 14.4 Å². The third-order valence-electron chi connectivity index (χ3n) is 4.12. The van der Waals surface area contributed by atoms with E-state index in [1.807, 2.05) is 27.3 Å². The molecule has 0 saturated carbocycles. The minimum absolute atomic E-state index is 0.0394. The van der Waals surface area contributed by atoms with E-state index in [1.54, 1.807) is 7.05 Å². The number of aromatic nitrogens is 2. The van der Waals surface area contributed by atoms with Crippen LogP contribution in [0.25, 0.3) is 0 Å². The molecule has 0 unspecified atom stereocenters. The summed E-state index contributed by atoms with van der Waals surface area (Å²) >= 11 is 1.44. The molecule has 3 heterocycles. The molecule has 1 aliphatic heterocycles. The van der Waals surface area contributed by atoms with Crippen LogP contribution in [-0.2, 0) is 14.1 Å². The van der Waals surface area contributed by atoms with E-state index in [1.165, 1.54) is 29.0 Å². The Labute approximate surface area is 137 Å². The third-order valence-corrected chi connectivity index (χ3v) is 4.98. The van der Waals surface area contributed by atoms with Gasteiger partial charge in [-0.3, -0.25) is 18.7 Å². The molecule has 2 aromatic rings. The number of hydrogen-bond donors (Lipinski definition) is 0. The van der Waals surface area contributed by atoms with Crippen LogP contribution in [-0.4, -0.2) is 46.1 Å². The average Bonchev–Trinajstić information content (AvgIpc) is 3.10. The SMILES string of the molecule is Cn1c(N2CCN(C(=O)c3cccs3)CC2)cc(=O)n(C)c1=O. The van der Waals surface area contributed by atoms with Gasteiger partial charge in [0.15, 0.2) is 0 Å². The zero-order valence-electron chi connectivity index (χ0n) is 13.1. The first-order valence-electron chi connectivity index (χ1n) is 7.34. The Morgan fingerprint density at radius 2 is 1.78 bits per heavy atom. The highest BCUT2D eigenvalue weighted by molar-refractivity contribution is 7.12. The van der Waals surface area contributed by atoms with E-state index < -0.39 is 0 Å². The molecular formula is C15H18N4O3S. The average molecular weight is 334 g/mol. The number of anilines is 1. The van der Waals surface area contributed by atoms with Gasteiger partial charge in [0.25, 0.3) is 11.5 Å². The molecule has 1 fully saturated rings. The van der Waals surface area contributed by atoms with Crippen LogP contribution >= 0.6 is 11.3 Å². The van der Waals surface area contributed by atoms with Crippen LogP contribution in [0.4, 0.5) is 5.82 Å². The van der Waals surface area contributed by atoms with Crippen molar-refractivity contribution >= 4 is 23.1 Å². The predicted molar refractivity (Wildman–Crippen MR) is 89.4 cm³/mol. The van der Waals surface area contributed by atoms with Gasteiger partial charge in [0.1, 0.15) is 5.82 Å². The van der Waals surface area contributed by atoms with Gasteiger partial charge in [-0.2, -0.15) is 0 Å². The minimum atomic E-state index is -0.343. The van der Waals surface area contributed by atoms with Gasteiger partial charge < -0.3 is 9.80 Å². The van der Waals surface area contributed by atoms with E-state index in [4.69, 9.17) is 0 Å². The van der Waals surface area contributed by atoms with Gasteiger partial charge >= 0.3 is 5.69 Å². The number of hydrogen-bond acceptors (Lipinski definition) is 5. The molecule has 0 radical (unpaired) electrons. The molecular weight excluding hydrogens is 316 g/mol. The van der Waals surface area contributed by atoms with Crippen molar-refractivity contribution in [2.75, 3.05) is 31.1 Å². The maximum Gasteiger partial charge on any atom is 0.332 e. The predicted octanol–water partition coefficient (Wildman–Crippen LogP) is 0.108. The molecule has 1 amide bonds. The van der Waals surface area contributed by atoms with Crippen LogP contribution in [0.2, 0.25) is 0 Å². The standard InChI is InChI=1S/C15H18N4O3S/c1-16-12(10-13(20)17(2)15(16)22)18-5-7-19(8-6-18)14(21)11-4-3-9-23-11/h3-4,9-10H,5-8H2,1-2H3. The molecule has 122 valence electrons. The Balaban J connectivity index is 1.76. The fourth-order valence-corrected chi connectivity index (χ4v) is 3.41. The minimum Gasteiger partial charge on any atom is -0.354 e. The molecule has 3 rings (SSSR count). The Kier molecular flexibility index (Phi) is 4.08. The van der Waals surface area contributed by atoms with Crippen molar-refractivity contribution < 1.29 is 4.79 Å². The van der Waals surface area contributed by atoms with Crippen LogP contribution in [0, 0.1) is 0 Å². The van der Waals surface area contributed by atoms with Gasteiger partial charge in [0, 0.05) is 46.3 Å². The summed E-state index contributed by atoms with van der Waals surface area (Å²) in [5.41, 5.74) is -0.662. The van der Waals surface area contributed by atoms with Gasteiger partial charge in [-0.05, 0) is 11.4 Å². The van der Waals surface area contributed by atoms with Gasteiger partial charge in [0.2, 0.25) is 0 Å². The van der Waals surface area contributed by atoms with Crippen molar-refractivity contribution in [2.24, 2.45) is 14.1 Å². The number of carbonyl (C=O) groups excluding carboxylic acids is 1. The maximum absolute atomic E-state index is 12.3. The second-order valence-corrected chi connectivity index (χ2v) is 6.45. The molecule has 0 aromatic carbocycles. The Bertz CT molecular complexity index is 829. The lowest BCUT2D eigenvalue weighted by molar-refractivity contribution is 0.0751. The second kappa shape index (κ2) is 6.04. The summed E-state index contributed by atoms with van der Waals surface area (Å²) in [6, 6.07) is 5.16. The van der Waals surface area contributed by atoms with Crippen LogP contribution < -0.4 is 16.1 Å². The lowest BCUT2D eigenvalue weighted by atomic mass is 10.3. The molecule has 0 spiro atoms. The molecule has 0 N–H and O–H groups in total. The molecule has 0 atom stereocenters. The van der Waals surface area contributed by atoms with Crippen LogP contribution in [0.15, 0.2) is 33.2 Å². The van der Waals surface area contributed by atoms with Crippen molar-refractivity contribution in [2.45, 2.75) is 0 Å². The van der Waals surface area contributed by atoms with Crippen molar-refractivity contribution in [1.29, 1.82) is 0 Å². The largest absolute Gasteiger partial charge is 0.354 e. The molecule has 2 aromatic heterocycles. The third kappa shape index (κ3) is 2.81. The normalized spacial score (nSPS) is 15.0. The number of nitrogens with zero attached hydrogens (tertiary/aromatic N) is 4. The van der Waals surface area contributed by atoms with Crippen molar-refractivity contribution in [3.8, 4) is 0 Å². The number of carbonyl (C=O) groups is 1. The van der Waals surface area contributed by atoms with Gasteiger partial charge in [0.05, 0.1) is 4.88 Å². The van der Waals surface area contributed by atoms with Crippen molar-refractivity contribution in [3.05, 3.63) is 49.3 Å². The topological polar surface area (TPSA) is 67.5 Å². The molecule has 0 aliphatic carbocycles. The van der Waals surface area contributed by atoms with Crippen molar-refractivity contribution in [1.82, 2.24) is 14.0 Å². The molecule has 0 bridgehead atoms. The number of piperazine rings is 1. The molecule has 7 nitrogen and oxygen atoms in total. The van der Waals surface area contributed by atoms with Crippen LogP contribution in [0.3, 0.4) is 0 Å². The Morgan fingerprint density at radius 3 is 2.39 bits per heavy atom. The summed E-state index contributed by atoms with van der Waals surface area (Å²) in [5, 5.41) is 1.89. The number of rotatable bonds is 2. The quantitative estimate of drug-likeness (QED) is 0.782. The van der Waals surface area contributed by atoms with E-state index in [0.717, 1.165) is 9.44 Å². The van der Waals surface area contributed by atoms with Crippen molar-refractivity contribution in [3.63, 3.8) is 0 Å². The van der Waals surface area contributed by atoms with E-state index in [-0.39, 0.29) is 17.2 Å². The summed E-state index contributed by atoms with van der Waals surface area (Å²) in [7, 11) is 3.12. The lowest BCUT2D eigenvalue weighted by Crippen LogP contribution is -2.50. The van der Waals surface area contributed by atoms with Gasteiger partial charge in [-0.15, -0.1) is 11.3 Å². The Hall–Kier alpha value is -2.35. The highest BCUT2D eigenvalue weighted by atomic mass is 32.1. The summed E-state index contributed by atoms with van der Waals surface area (Å²) in [6.45, 7) is 2.33. The van der Waals surface area contributed by atoms with Crippen LogP contribution in [0.1, 0.15) is 9.67 Å². The molecule has 23 heavy (non-hydrogen) atoms. The first-order valence-corrected chi connectivity index (χ1v) is 8.22. The summed E-state index contributed by atoms with van der Waals surface area (Å²) in [5.74, 6) is 0.638. The number of thiophene rings is 1. The van der Waals surface area contributed by atoms with Gasteiger partial charge in [-0.25, -0.2) is 4.79 Å². The fraction of sp³-hybridized carbons (Fsp3) is 0.400. The molecule has 1 aliphatic rings.